The highest BCUT2D eigenvalue weighted by atomic mass is 32.2. The third-order valence-corrected chi connectivity index (χ3v) is 6.66. The van der Waals surface area contributed by atoms with Crippen LogP contribution in [-0.4, -0.2) is 39.1 Å². The van der Waals surface area contributed by atoms with Gasteiger partial charge in [0.25, 0.3) is 21.6 Å². The maximum atomic E-state index is 13.5. The molecule has 0 aliphatic rings. The number of nitrogens with one attached hydrogen (secondary N) is 1. The first-order chi connectivity index (χ1) is 16.6. The van der Waals surface area contributed by atoms with Gasteiger partial charge < -0.3 is 4.74 Å². The van der Waals surface area contributed by atoms with Crippen molar-refractivity contribution in [2.75, 3.05) is 18.0 Å². The first-order valence-corrected chi connectivity index (χ1v) is 11.5. The second kappa shape index (κ2) is 10.7. The van der Waals surface area contributed by atoms with Gasteiger partial charge in [-0.2, -0.15) is 5.10 Å². The molecule has 0 spiro atoms. The highest BCUT2D eigenvalue weighted by Gasteiger charge is 2.29. The highest BCUT2D eigenvalue weighted by Crippen LogP contribution is 2.29. The maximum Gasteiger partial charge on any atom is 0.273 e. The number of ether oxygens (including phenoxy) is 1. The van der Waals surface area contributed by atoms with E-state index in [2.05, 4.69) is 10.5 Å². The van der Waals surface area contributed by atoms with Crippen LogP contribution in [0.5, 0.6) is 5.75 Å². The molecule has 3 rings (SSSR count). The van der Waals surface area contributed by atoms with Crippen molar-refractivity contribution in [1.82, 2.24) is 5.43 Å². The standard InChI is InChI=1S/C23H21FN4O6S/c1-16-3-12-21(13-22(16)28(30)31)35(32,33)27(19-8-10-20(34-2)11-9-19)15-23(29)26-25-14-17-4-6-18(24)7-5-17/h3-14H,15H2,1-2H3,(H,26,29)/b25-14-. The number of carbonyl (C=O) groups excluding carboxylic acids is 1. The summed E-state index contributed by atoms with van der Waals surface area (Å²) in [7, 11) is -2.94. The molecule has 182 valence electrons. The molecular weight excluding hydrogens is 479 g/mol. The summed E-state index contributed by atoms with van der Waals surface area (Å²) in [4.78, 5) is 22.9. The molecule has 0 saturated carbocycles. The van der Waals surface area contributed by atoms with E-state index in [1.165, 1.54) is 80.9 Å². The van der Waals surface area contributed by atoms with Crippen molar-refractivity contribution in [3.05, 3.63) is 93.8 Å². The molecule has 0 aliphatic heterocycles. The van der Waals surface area contributed by atoms with Crippen molar-refractivity contribution < 1.29 is 27.3 Å². The zero-order chi connectivity index (χ0) is 25.6. The van der Waals surface area contributed by atoms with Crippen molar-refractivity contribution >= 4 is 33.5 Å². The minimum Gasteiger partial charge on any atom is -0.497 e. The molecule has 0 radical (unpaired) electrons. The number of nitro benzene ring substituents is 1. The molecule has 1 amide bonds. The lowest BCUT2D eigenvalue weighted by Gasteiger charge is -2.24. The molecular formula is C23H21FN4O6S. The van der Waals surface area contributed by atoms with Gasteiger partial charge in [0, 0.05) is 11.6 Å². The zero-order valence-electron chi connectivity index (χ0n) is 18.7. The van der Waals surface area contributed by atoms with Crippen molar-refractivity contribution in [3.8, 4) is 5.75 Å². The Morgan fingerprint density at radius 3 is 2.40 bits per heavy atom. The minimum absolute atomic E-state index is 0.131. The quantitative estimate of drug-likeness (QED) is 0.272. The Morgan fingerprint density at radius 2 is 1.80 bits per heavy atom. The molecule has 12 heteroatoms. The summed E-state index contributed by atoms with van der Waals surface area (Å²) < 4.78 is 45.8. The lowest BCUT2D eigenvalue weighted by Crippen LogP contribution is -2.39. The van der Waals surface area contributed by atoms with Gasteiger partial charge in [0.2, 0.25) is 0 Å². The van der Waals surface area contributed by atoms with E-state index >= 15 is 0 Å². The summed E-state index contributed by atoms with van der Waals surface area (Å²) in [5, 5.41) is 15.1. The third kappa shape index (κ3) is 6.18. The number of methoxy groups -OCH3 is 1. The van der Waals surface area contributed by atoms with Crippen LogP contribution in [0.15, 0.2) is 76.7 Å². The normalized spacial score (nSPS) is 11.3. The van der Waals surface area contributed by atoms with E-state index in [1.807, 2.05) is 0 Å². The van der Waals surface area contributed by atoms with Gasteiger partial charge in [0.1, 0.15) is 18.1 Å². The Hall–Kier alpha value is -4.32. The summed E-state index contributed by atoms with van der Waals surface area (Å²) in [5.41, 5.74) is 2.80. The first-order valence-electron chi connectivity index (χ1n) is 10.1. The first kappa shape index (κ1) is 25.3. The van der Waals surface area contributed by atoms with E-state index in [4.69, 9.17) is 4.74 Å². The van der Waals surface area contributed by atoms with Crippen LogP contribution in [-0.2, 0) is 14.8 Å². The molecule has 10 nitrogen and oxygen atoms in total. The maximum absolute atomic E-state index is 13.5. The van der Waals surface area contributed by atoms with E-state index in [0.29, 0.717) is 11.3 Å². The molecule has 3 aromatic carbocycles. The van der Waals surface area contributed by atoms with Gasteiger partial charge in [-0.3, -0.25) is 19.2 Å². The number of halogens is 1. The van der Waals surface area contributed by atoms with Crippen molar-refractivity contribution in [1.29, 1.82) is 0 Å². The number of anilines is 1. The number of sulfonamides is 1. The number of hydrogen-bond acceptors (Lipinski definition) is 7. The van der Waals surface area contributed by atoms with Gasteiger partial charge in [-0.05, 0) is 55.0 Å². The molecule has 0 aliphatic carbocycles. The van der Waals surface area contributed by atoms with Crippen molar-refractivity contribution in [3.63, 3.8) is 0 Å². The molecule has 0 fully saturated rings. The zero-order valence-corrected chi connectivity index (χ0v) is 19.5. The Labute approximate surface area is 200 Å². The van der Waals surface area contributed by atoms with Gasteiger partial charge in [0.15, 0.2) is 0 Å². The molecule has 0 unspecified atom stereocenters. The van der Waals surface area contributed by atoms with E-state index in [9.17, 15) is 27.7 Å². The van der Waals surface area contributed by atoms with Crippen LogP contribution in [0.25, 0.3) is 0 Å². The van der Waals surface area contributed by atoms with E-state index in [1.54, 1.807) is 0 Å². The minimum atomic E-state index is -4.39. The number of amides is 1. The predicted molar refractivity (Wildman–Crippen MR) is 127 cm³/mol. The number of hydrogen-bond donors (Lipinski definition) is 1. The molecule has 35 heavy (non-hydrogen) atoms. The number of rotatable bonds is 9. The number of nitrogens with zero attached hydrogens (tertiary/aromatic N) is 3. The van der Waals surface area contributed by atoms with Gasteiger partial charge in [-0.1, -0.05) is 18.2 Å². The lowest BCUT2D eigenvalue weighted by atomic mass is 10.2. The Kier molecular flexibility index (Phi) is 7.76. The molecule has 0 atom stereocenters. The van der Waals surface area contributed by atoms with Crippen LogP contribution in [0.3, 0.4) is 0 Å². The predicted octanol–water partition coefficient (Wildman–Crippen LogP) is 3.40. The Bertz CT molecular complexity index is 1360. The Balaban J connectivity index is 1.91. The summed E-state index contributed by atoms with van der Waals surface area (Å²) >= 11 is 0. The van der Waals surface area contributed by atoms with Gasteiger partial charge in [-0.15, -0.1) is 0 Å². The third-order valence-electron chi connectivity index (χ3n) is 4.89. The fraction of sp³-hybridized carbons (Fsp3) is 0.130. The molecule has 0 heterocycles. The highest BCUT2D eigenvalue weighted by molar-refractivity contribution is 7.92. The lowest BCUT2D eigenvalue weighted by molar-refractivity contribution is -0.385. The summed E-state index contributed by atoms with van der Waals surface area (Å²) in [5.74, 6) is -0.738. The SMILES string of the molecule is COc1ccc(N(CC(=O)N/N=C\c2ccc(F)cc2)S(=O)(=O)c2ccc(C)c([N+](=O)[O-])c2)cc1. The summed E-state index contributed by atoms with van der Waals surface area (Å²) in [6.07, 6.45) is 1.27. The molecule has 0 saturated heterocycles. The van der Waals surface area contributed by atoms with Gasteiger partial charge in [-0.25, -0.2) is 18.2 Å². The summed E-state index contributed by atoms with van der Waals surface area (Å²) in [6.45, 7) is 0.819. The fourth-order valence-corrected chi connectivity index (χ4v) is 4.47. The van der Waals surface area contributed by atoms with E-state index < -0.39 is 33.2 Å². The van der Waals surface area contributed by atoms with E-state index in [0.717, 1.165) is 10.4 Å². The average molecular weight is 501 g/mol. The molecule has 1 N–H and O–H groups in total. The summed E-state index contributed by atoms with van der Waals surface area (Å²) in [6, 6.07) is 14.8. The Morgan fingerprint density at radius 1 is 1.14 bits per heavy atom. The smallest absolute Gasteiger partial charge is 0.273 e. The molecule has 0 aromatic heterocycles. The number of nitro groups is 1. The van der Waals surface area contributed by atoms with Crippen molar-refractivity contribution in [2.45, 2.75) is 11.8 Å². The van der Waals surface area contributed by atoms with Crippen LogP contribution in [0.1, 0.15) is 11.1 Å². The number of hydrazone groups is 1. The number of carbonyl (C=O) groups is 1. The van der Waals surface area contributed by atoms with Crippen LogP contribution < -0.4 is 14.5 Å². The van der Waals surface area contributed by atoms with Crippen LogP contribution in [0.2, 0.25) is 0 Å². The van der Waals surface area contributed by atoms with Gasteiger partial charge in [0.05, 0.1) is 28.8 Å². The van der Waals surface area contributed by atoms with Crippen molar-refractivity contribution in [2.24, 2.45) is 5.10 Å². The largest absolute Gasteiger partial charge is 0.497 e. The molecule has 0 bridgehead atoms. The average Bonchev–Trinajstić information content (AvgIpc) is 2.83. The van der Waals surface area contributed by atoms with E-state index in [-0.39, 0.29) is 21.8 Å². The van der Waals surface area contributed by atoms with Crippen LogP contribution in [0, 0.1) is 22.9 Å². The fourth-order valence-electron chi connectivity index (χ4n) is 3.03. The topological polar surface area (TPSA) is 131 Å². The second-order valence-electron chi connectivity index (χ2n) is 7.26. The van der Waals surface area contributed by atoms with Crippen LogP contribution >= 0.6 is 0 Å². The van der Waals surface area contributed by atoms with Gasteiger partial charge >= 0.3 is 0 Å². The molecule has 3 aromatic rings. The van der Waals surface area contributed by atoms with Crippen LogP contribution in [0.4, 0.5) is 15.8 Å². The monoisotopic (exact) mass is 500 g/mol. The number of aryl methyl sites for hydroxylation is 1. The second-order valence-corrected chi connectivity index (χ2v) is 9.12. The number of benzene rings is 3.